The van der Waals surface area contributed by atoms with Gasteiger partial charge in [0.2, 0.25) is 5.91 Å². The highest BCUT2D eigenvalue weighted by atomic mass is 16.5. The fourth-order valence-electron chi connectivity index (χ4n) is 3.52. The zero-order valence-corrected chi connectivity index (χ0v) is 14.8. The summed E-state index contributed by atoms with van der Waals surface area (Å²) in [6.07, 6.45) is 3.53. The number of pyridine rings is 1. The molecule has 0 radical (unpaired) electrons. The van der Waals surface area contributed by atoms with Crippen LogP contribution in [0, 0.1) is 5.92 Å². The number of benzene rings is 2. The van der Waals surface area contributed by atoms with Crippen LogP contribution < -0.4 is 10.1 Å². The van der Waals surface area contributed by atoms with Crippen molar-refractivity contribution in [1.29, 1.82) is 0 Å². The standard InChI is InChI=1S/C22H22N2O2/c1-26-18-9-7-15(8-10-18)19-14-20(19)22(25)24-13-11-17-5-2-4-16-6-3-12-23-21(16)17/h2-10,12,19-20H,11,13-14H2,1H3,(H,24,25). The first-order valence-corrected chi connectivity index (χ1v) is 9.00. The van der Waals surface area contributed by atoms with Gasteiger partial charge in [-0.2, -0.15) is 0 Å². The van der Waals surface area contributed by atoms with Gasteiger partial charge in [-0.1, -0.05) is 36.4 Å². The highest BCUT2D eigenvalue weighted by Crippen LogP contribution is 2.47. The Morgan fingerprint density at radius 1 is 1.15 bits per heavy atom. The minimum Gasteiger partial charge on any atom is -0.497 e. The Morgan fingerprint density at radius 2 is 1.96 bits per heavy atom. The van der Waals surface area contributed by atoms with Gasteiger partial charge in [0.05, 0.1) is 12.6 Å². The van der Waals surface area contributed by atoms with Crippen LogP contribution in [0.2, 0.25) is 0 Å². The third kappa shape index (κ3) is 3.40. The molecule has 1 aromatic heterocycles. The smallest absolute Gasteiger partial charge is 0.223 e. The second-order valence-electron chi connectivity index (χ2n) is 6.76. The number of rotatable bonds is 6. The number of hydrogen-bond acceptors (Lipinski definition) is 3. The van der Waals surface area contributed by atoms with Crippen molar-refractivity contribution in [3.8, 4) is 5.75 Å². The van der Waals surface area contributed by atoms with Gasteiger partial charge in [0.15, 0.2) is 0 Å². The third-order valence-electron chi connectivity index (χ3n) is 5.08. The summed E-state index contributed by atoms with van der Waals surface area (Å²) < 4.78 is 5.18. The van der Waals surface area contributed by atoms with Crippen molar-refractivity contribution in [2.75, 3.05) is 13.7 Å². The minimum atomic E-state index is 0.0917. The largest absolute Gasteiger partial charge is 0.497 e. The fraction of sp³-hybridized carbons (Fsp3) is 0.273. The number of fused-ring (bicyclic) bond motifs is 1. The molecular weight excluding hydrogens is 324 g/mol. The Morgan fingerprint density at radius 3 is 2.77 bits per heavy atom. The lowest BCUT2D eigenvalue weighted by atomic mass is 10.1. The molecule has 1 saturated carbocycles. The highest BCUT2D eigenvalue weighted by molar-refractivity contribution is 5.83. The number of nitrogens with one attached hydrogen (secondary N) is 1. The van der Waals surface area contributed by atoms with Crippen LogP contribution in [0.1, 0.15) is 23.5 Å². The molecule has 1 fully saturated rings. The predicted octanol–water partition coefficient (Wildman–Crippen LogP) is 3.71. The number of para-hydroxylation sites is 1. The van der Waals surface area contributed by atoms with Gasteiger partial charge in [0.1, 0.15) is 5.75 Å². The summed E-state index contributed by atoms with van der Waals surface area (Å²) in [5, 5.41) is 4.23. The second kappa shape index (κ2) is 7.16. The van der Waals surface area contributed by atoms with E-state index in [1.165, 1.54) is 11.1 Å². The van der Waals surface area contributed by atoms with Gasteiger partial charge in [-0.15, -0.1) is 0 Å². The first kappa shape index (κ1) is 16.6. The van der Waals surface area contributed by atoms with Crippen LogP contribution in [-0.4, -0.2) is 24.5 Å². The molecule has 4 nitrogen and oxygen atoms in total. The molecule has 3 aromatic rings. The summed E-state index contributed by atoms with van der Waals surface area (Å²) in [6, 6.07) is 18.2. The molecule has 2 atom stereocenters. The highest BCUT2D eigenvalue weighted by Gasteiger charge is 2.43. The van der Waals surface area contributed by atoms with E-state index in [9.17, 15) is 4.79 Å². The quantitative estimate of drug-likeness (QED) is 0.740. The maximum atomic E-state index is 12.4. The molecule has 1 aliphatic rings. The van der Waals surface area contributed by atoms with E-state index in [1.54, 1.807) is 7.11 Å². The maximum absolute atomic E-state index is 12.4. The number of methoxy groups -OCH3 is 1. The molecule has 0 spiro atoms. The molecule has 4 heteroatoms. The lowest BCUT2D eigenvalue weighted by Crippen LogP contribution is -2.27. The molecule has 1 amide bonds. The monoisotopic (exact) mass is 346 g/mol. The SMILES string of the molecule is COc1ccc(C2CC2C(=O)NCCc2cccc3cccnc23)cc1. The molecule has 2 unspecified atom stereocenters. The van der Waals surface area contributed by atoms with E-state index in [4.69, 9.17) is 4.74 Å². The van der Waals surface area contributed by atoms with E-state index >= 15 is 0 Å². The first-order chi connectivity index (χ1) is 12.8. The van der Waals surface area contributed by atoms with Gasteiger partial charge < -0.3 is 10.1 Å². The lowest BCUT2D eigenvalue weighted by Gasteiger charge is -2.08. The summed E-state index contributed by atoms with van der Waals surface area (Å²) in [4.78, 5) is 16.9. The Labute approximate surface area is 153 Å². The number of hydrogen-bond donors (Lipinski definition) is 1. The molecular formula is C22H22N2O2. The van der Waals surface area contributed by atoms with Crippen LogP contribution in [-0.2, 0) is 11.2 Å². The maximum Gasteiger partial charge on any atom is 0.223 e. The molecule has 0 aliphatic heterocycles. The van der Waals surface area contributed by atoms with E-state index < -0.39 is 0 Å². The lowest BCUT2D eigenvalue weighted by molar-refractivity contribution is -0.122. The number of amides is 1. The normalized spacial score (nSPS) is 18.5. The van der Waals surface area contributed by atoms with Crippen LogP contribution >= 0.6 is 0 Å². The van der Waals surface area contributed by atoms with E-state index in [1.807, 2.05) is 30.5 Å². The van der Waals surface area contributed by atoms with Crippen LogP contribution in [0.25, 0.3) is 10.9 Å². The number of carbonyl (C=O) groups excluding carboxylic acids is 1. The van der Waals surface area contributed by atoms with E-state index in [-0.39, 0.29) is 11.8 Å². The molecule has 0 saturated heterocycles. The van der Waals surface area contributed by atoms with Gasteiger partial charge in [0, 0.05) is 24.0 Å². The Bertz CT molecular complexity index is 916. The van der Waals surface area contributed by atoms with Gasteiger partial charge in [-0.3, -0.25) is 9.78 Å². The van der Waals surface area contributed by atoms with Crippen molar-refractivity contribution >= 4 is 16.8 Å². The Balaban J connectivity index is 1.32. The van der Waals surface area contributed by atoms with Gasteiger partial charge >= 0.3 is 0 Å². The number of ether oxygens (including phenoxy) is 1. The molecule has 2 aromatic carbocycles. The number of nitrogens with zero attached hydrogens (tertiary/aromatic N) is 1. The fourth-order valence-corrected chi connectivity index (χ4v) is 3.52. The number of aromatic nitrogens is 1. The second-order valence-corrected chi connectivity index (χ2v) is 6.76. The Hall–Kier alpha value is -2.88. The van der Waals surface area contributed by atoms with Crippen molar-refractivity contribution in [2.24, 2.45) is 5.92 Å². The molecule has 1 heterocycles. The van der Waals surface area contributed by atoms with E-state index in [2.05, 4.69) is 40.6 Å². The summed E-state index contributed by atoms with van der Waals surface area (Å²) >= 11 is 0. The van der Waals surface area contributed by atoms with E-state index in [0.29, 0.717) is 12.5 Å². The van der Waals surface area contributed by atoms with Crippen LogP contribution in [0.4, 0.5) is 0 Å². The van der Waals surface area contributed by atoms with Crippen molar-refractivity contribution in [1.82, 2.24) is 10.3 Å². The third-order valence-corrected chi connectivity index (χ3v) is 5.08. The zero-order valence-electron chi connectivity index (χ0n) is 14.8. The average molecular weight is 346 g/mol. The van der Waals surface area contributed by atoms with Gasteiger partial charge in [-0.05, 0) is 48.1 Å². The van der Waals surface area contributed by atoms with Crippen LogP contribution in [0.15, 0.2) is 60.8 Å². The summed E-state index contributed by atoms with van der Waals surface area (Å²) in [7, 11) is 1.66. The molecule has 26 heavy (non-hydrogen) atoms. The van der Waals surface area contributed by atoms with Crippen molar-refractivity contribution < 1.29 is 9.53 Å². The minimum absolute atomic E-state index is 0.0917. The summed E-state index contributed by atoms with van der Waals surface area (Å²) in [5.41, 5.74) is 3.40. The van der Waals surface area contributed by atoms with Gasteiger partial charge in [0.25, 0.3) is 0 Å². The van der Waals surface area contributed by atoms with Gasteiger partial charge in [-0.25, -0.2) is 0 Å². The summed E-state index contributed by atoms with van der Waals surface area (Å²) in [6.45, 7) is 0.639. The van der Waals surface area contributed by atoms with Crippen molar-refractivity contribution in [2.45, 2.75) is 18.8 Å². The topological polar surface area (TPSA) is 51.2 Å². The summed E-state index contributed by atoms with van der Waals surface area (Å²) in [5.74, 6) is 1.42. The Kier molecular flexibility index (Phi) is 4.57. The molecule has 4 rings (SSSR count). The first-order valence-electron chi connectivity index (χ1n) is 9.00. The van der Waals surface area contributed by atoms with E-state index in [0.717, 1.165) is 29.5 Å². The molecule has 0 bridgehead atoms. The van der Waals surface area contributed by atoms with Crippen LogP contribution in [0.3, 0.4) is 0 Å². The average Bonchev–Trinajstić information content (AvgIpc) is 3.49. The zero-order chi connectivity index (χ0) is 17.9. The van der Waals surface area contributed by atoms with Crippen LogP contribution in [0.5, 0.6) is 5.75 Å². The molecule has 1 N–H and O–H groups in total. The van der Waals surface area contributed by atoms with Crippen molar-refractivity contribution in [3.63, 3.8) is 0 Å². The molecule has 1 aliphatic carbocycles. The predicted molar refractivity (Wildman–Crippen MR) is 102 cm³/mol. The number of carbonyl (C=O) groups is 1. The molecule has 132 valence electrons. The van der Waals surface area contributed by atoms with Crippen molar-refractivity contribution in [3.05, 3.63) is 71.9 Å².